The van der Waals surface area contributed by atoms with Gasteiger partial charge >= 0.3 is 0 Å². The van der Waals surface area contributed by atoms with Crippen LogP contribution in [0.3, 0.4) is 0 Å². The van der Waals surface area contributed by atoms with Gasteiger partial charge in [0.2, 0.25) is 17.7 Å². The van der Waals surface area contributed by atoms with Crippen LogP contribution in [0.25, 0.3) is 22.0 Å². The molecular weight excluding hydrogens is 364 g/mol. The molecule has 0 radical (unpaired) electrons. The number of ether oxygens (including phenoxy) is 1. The van der Waals surface area contributed by atoms with Gasteiger partial charge in [-0.1, -0.05) is 48.5 Å². The van der Waals surface area contributed by atoms with E-state index in [9.17, 15) is 4.79 Å². The van der Waals surface area contributed by atoms with E-state index in [0.717, 1.165) is 33.3 Å². The van der Waals surface area contributed by atoms with Crippen molar-refractivity contribution in [1.82, 2.24) is 9.97 Å². The van der Waals surface area contributed by atoms with Crippen LogP contribution < -0.4 is 15.8 Å². The number of carbonyl (C=O) groups is 1. The van der Waals surface area contributed by atoms with Crippen molar-refractivity contribution in [2.75, 3.05) is 11.1 Å². The third kappa shape index (κ3) is 4.32. The maximum atomic E-state index is 11.2. The Kier molecular flexibility index (Phi) is 5.07. The van der Waals surface area contributed by atoms with Gasteiger partial charge in [-0.15, -0.1) is 0 Å². The molecule has 0 bridgehead atoms. The highest BCUT2D eigenvalue weighted by Crippen LogP contribution is 2.30. The van der Waals surface area contributed by atoms with Crippen molar-refractivity contribution >= 4 is 28.4 Å². The van der Waals surface area contributed by atoms with Crippen LogP contribution in [-0.2, 0) is 11.4 Å². The Morgan fingerprint density at radius 3 is 2.41 bits per heavy atom. The molecule has 4 aromatic rings. The normalized spacial score (nSPS) is 10.7. The van der Waals surface area contributed by atoms with Gasteiger partial charge in [-0.25, -0.2) is 4.98 Å². The summed E-state index contributed by atoms with van der Waals surface area (Å²) < 4.78 is 5.96. The maximum Gasteiger partial charge on any atom is 0.226 e. The zero-order valence-electron chi connectivity index (χ0n) is 15.9. The number of nitrogen functional groups attached to an aromatic ring is 1. The lowest BCUT2D eigenvalue weighted by molar-refractivity contribution is -0.114. The Labute approximate surface area is 168 Å². The number of hydrogen-bond donors (Lipinski definition) is 2. The molecule has 1 aromatic heterocycles. The number of aromatic nitrogens is 2. The molecule has 6 nitrogen and oxygen atoms in total. The molecule has 0 spiro atoms. The highest BCUT2D eigenvalue weighted by molar-refractivity contribution is 5.90. The second-order valence-corrected chi connectivity index (χ2v) is 6.65. The lowest BCUT2D eigenvalue weighted by Gasteiger charge is -2.11. The first-order valence-electron chi connectivity index (χ1n) is 9.20. The summed E-state index contributed by atoms with van der Waals surface area (Å²) >= 11 is 0. The number of hydrogen-bond acceptors (Lipinski definition) is 5. The lowest BCUT2D eigenvalue weighted by Crippen LogP contribution is -2.05. The van der Waals surface area contributed by atoms with Gasteiger partial charge in [0.1, 0.15) is 6.61 Å². The van der Waals surface area contributed by atoms with E-state index in [4.69, 9.17) is 10.5 Å². The molecule has 6 heteroatoms. The summed E-state index contributed by atoms with van der Waals surface area (Å²) in [5.41, 5.74) is 10.4. The molecule has 0 atom stereocenters. The van der Waals surface area contributed by atoms with E-state index in [2.05, 4.69) is 15.3 Å². The molecule has 0 aliphatic rings. The molecule has 0 aliphatic carbocycles. The number of nitrogens with zero attached hydrogens (tertiary/aromatic N) is 2. The van der Waals surface area contributed by atoms with Gasteiger partial charge in [-0.2, -0.15) is 4.98 Å². The van der Waals surface area contributed by atoms with Crippen LogP contribution in [0.5, 0.6) is 5.88 Å². The summed E-state index contributed by atoms with van der Waals surface area (Å²) in [5, 5.41) is 3.56. The van der Waals surface area contributed by atoms with Crippen LogP contribution in [-0.4, -0.2) is 15.9 Å². The number of benzene rings is 3. The highest BCUT2D eigenvalue weighted by Gasteiger charge is 2.10. The van der Waals surface area contributed by atoms with Crippen molar-refractivity contribution in [2.45, 2.75) is 13.5 Å². The fourth-order valence-electron chi connectivity index (χ4n) is 3.08. The summed E-state index contributed by atoms with van der Waals surface area (Å²) in [5.74, 6) is 0.527. The molecule has 0 fully saturated rings. The van der Waals surface area contributed by atoms with E-state index in [0.29, 0.717) is 12.5 Å². The van der Waals surface area contributed by atoms with Crippen molar-refractivity contribution in [3.8, 4) is 17.0 Å². The predicted octanol–water partition coefficient (Wildman–Crippen LogP) is 4.42. The van der Waals surface area contributed by atoms with Gasteiger partial charge in [0, 0.05) is 12.6 Å². The summed E-state index contributed by atoms with van der Waals surface area (Å²) in [6.07, 6.45) is 0. The SMILES string of the molecule is CC(=O)Nc1ccc(-c2ccc3nc(N)nc(OCc4ccccc4)c3c2)cc1. The first-order valence-corrected chi connectivity index (χ1v) is 9.20. The lowest BCUT2D eigenvalue weighted by atomic mass is 10.0. The monoisotopic (exact) mass is 384 g/mol. The fourth-order valence-corrected chi connectivity index (χ4v) is 3.08. The summed E-state index contributed by atoms with van der Waals surface area (Å²) in [6, 6.07) is 23.4. The molecule has 1 heterocycles. The van der Waals surface area contributed by atoms with Crippen LogP contribution >= 0.6 is 0 Å². The van der Waals surface area contributed by atoms with E-state index in [1.54, 1.807) is 0 Å². The first-order chi connectivity index (χ1) is 14.1. The van der Waals surface area contributed by atoms with Crippen molar-refractivity contribution in [2.24, 2.45) is 0 Å². The van der Waals surface area contributed by atoms with E-state index in [1.807, 2.05) is 72.8 Å². The smallest absolute Gasteiger partial charge is 0.226 e. The fraction of sp³-hybridized carbons (Fsp3) is 0.0870. The average molecular weight is 384 g/mol. The Morgan fingerprint density at radius 1 is 0.966 bits per heavy atom. The van der Waals surface area contributed by atoms with Crippen molar-refractivity contribution in [1.29, 1.82) is 0 Å². The molecule has 0 aliphatic heterocycles. The number of nitrogens with one attached hydrogen (secondary N) is 1. The Balaban J connectivity index is 1.67. The van der Waals surface area contributed by atoms with Crippen LogP contribution in [0.15, 0.2) is 72.8 Å². The summed E-state index contributed by atoms with van der Waals surface area (Å²) in [7, 11) is 0. The summed E-state index contributed by atoms with van der Waals surface area (Å²) in [4.78, 5) is 19.8. The number of rotatable bonds is 5. The van der Waals surface area contributed by atoms with E-state index >= 15 is 0 Å². The number of fused-ring (bicyclic) bond motifs is 1. The Bertz CT molecular complexity index is 1160. The quantitative estimate of drug-likeness (QED) is 0.532. The molecule has 0 saturated heterocycles. The van der Waals surface area contributed by atoms with Gasteiger partial charge in [0.25, 0.3) is 0 Å². The molecule has 0 saturated carbocycles. The van der Waals surface area contributed by atoms with Gasteiger partial charge in [0.15, 0.2) is 0 Å². The van der Waals surface area contributed by atoms with Gasteiger partial charge in [0.05, 0.1) is 10.9 Å². The molecule has 144 valence electrons. The molecule has 1 amide bonds. The molecule has 29 heavy (non-hydrogen) atoms. The zero-order chi connectivity index (χ0) is 20.2. The van der Waals surface area contributed by atoms with Gasteiger partial charge in [-0.05, 0) is 41.0 Å². The van der Waals surface area contributed by atoms with E-state index in [-0.39, 0.29) is 11.9 Å². The molecule has 3 N–H and O–H groups in total. The average Bonchev–Trinajstić information content (AvgIpc) is 2.72. The third-order valence-electron chi connectivity index (χ3n) is 4.44. The molecular formula is C23H20N4O2. The van der Waals surface area contributed by atoms with Crippen LogP contribution in [0.1, 0.15) is 12.5 Å². The Hall–Kier alpha value is -3.93. The van der Waals surface area contributed by atoms with Crippen molar-refractivity contribution in [3.05, 3.63) is 78.4 Å². The van der Waals surface area contributed by atoms with Crippen molar-refractivity contribution in [3.63, 3.8) is 0 Å². The maximum absolute atomic E-state index is 11.2. The van der Waals surface area contributed by atoms with Gasteiger partial charge in [-0.3, -0.25) is 4.79 Å². The second kappa shape index (κ2) is 7.98. The second-order valence-electron chi connectivity index (χ2n) is 6.65. The third-order valence-corrected chi connectivity index (χ3v) is 4.44. The molecule has 3 aromatic carbocycles. The number of amides is 1. The van der Waals surface area contributed by atoms with Crippen LogP contribution in [0.2, 0.25) is 0 Å². The standard InChI is InChI=1S/C23H20N4O2/c1-15(28)25-19-10-7-17(8-11-19)18-9-12-21-20(13-18)22(27-23(24)26-21)29-14-16-5-3-2-4-6-16/h2-13H,14H2,1H3,(H,25,28)(H2,24,26,27). The minimum absolute atomic E-state index is 0.0987. The molecule has 4 rings (SSSR count). The largest absolute Gasteiger partial charge is 0.472 e. The number of anilines is 2. The first kappa shape index (κ1) is 18.4. The number of carbonyl (C=O) groups excluding carboxylic acids is 1. The van der Waals surface area contributed by atoms with Crippen molar-refractivity contribution < 1.29 is 9.53 Å². The predicted molar refractivity (Wildman–Crippen MR) is 114 cm³/mol. The van der Waals surface area contributed by atoms with Crippen LogP contribution in [0.4, 0.5) is 11.6 Å². The Morgan fingerprint density at radius 2 is 1.69 bits per heavy atom. The molecule has 0 unspecified atom stereocenters. The minimum Gasteiger partial charge on any atom is -0.472 e. The number of nitrogens with two attached hydrogens (primary N) is 1. The topological polar surface area (TPSA) is 90.1 Å². The van der Waals surface area contributed by atoms with E-state index < -0.39 is 0 Å². The minimum atomic E-state index is -0.0987. The highest BCUT2D eigenvalue weighted by atomic mass is 16.5. The van der Waals surface area contributed by atoms with Crippen LogP contribution in [0, 0.1) is 0 Å². The summed E-state index contributed by atoms with van der Waals surface area (Å²) in [6.45, 7) is 1.88. The van der Waals surface area contributed by atoms with Gasteiger partial charge < -0.3 is 15.8 Å². The van der Waals surface area contributed by atoms with E-state index in [1.165, 1.54) is 6.92 Å². The zero-order valence-corrected chi connectivity index (χ0v) is 15.9.